The van der Waals surface area contributed by atoms with Gasteiger partial charge in [-0.15, -0.1) is 0 Å². The molecule has 0 aliphatic heterocycles. The maximum Gasteiger partial charge on any atom is 0 e. The third-order valence-corrected chi connectivity index (χ3v) is 8.93. The van der Waals surface area contributed by atoms with Gasteiger partial charge in [-0.1, -0.05) is 76.6 Å². The van der Waals surface area contributed by atoms with Gasteiger partial charge in [-0.2, -0.15) is 0 Å². The number of aryl methyl sites for hydroxylation is 1. The second-order valence-corrected chi connectivity index (χ2v) is 11.0. The Balaban J connectivity index is 0.00000160. The number of hydrogen-bond donors (Lipinski definition) is 0. The predicted octanol–water partition coefficient (Wildman–Crippen LogP) is 9.28. The second-order valence-electron chi connectivity index (χ2n) is 11.0. The van der Waals surface area contributed by atoms with Gasteiger partial charge in [0.1, 0.15) is 0 Å². The van der Waals surface area contributed by atoms with E-state index in [1.54, 1.807) is 11.1 Å². The van der Waals surface area contributed by atoms with E-state index in [0.29, 0.717) is 0 Å². The monoisotopic (exact) mass is 386 g/mol. The van der Waals surface area contributed by atoms with Crippen molar-refractivity contribution < 1.29 is 4.28 Å². The molecule has 0 saturated heterocycles. The standard InChI is InChI=1S/C28H44.3H2/c1-21-3-13-25(14-4-21)27-17-9-23(10-18-27)7-8-24-11-19-28(20-12-24)26-15-5-22(2)6-16-26;;;/h9-10,17-18,21-22,24-26,28H,3-8,11-16,19-20H2,1-2H3;3*1H. The van der Waals surface area contributed by atoms with Gasteiger partial charge in [-0.25, -0.2) is 0 Å². The quantitative estimate of drug-likeness (QED) is 0.473. The van der Waals surface area contributed by atoms with Gasteiger partial charge in [-0.05, 0) is 98.0 Å². The average Bonchev–Trinajstić information content (AvgIpc) is 2.74. The van der Waals surface area contributed by atoms with Crippen LogP contribution in [-0.2, 0) is 6.42 Å². The van der Waals surface area contributed by atoms with E-state index in [1.165, 1.54) is 89.9 Å². The van der Waals surface area contributed by atoms with Crippen LogP contribution in [0.2, 0.25) is 0 Å². The lowest BCUT2D eigenvalue weighted by molar-refractivity contribution is 0.148. The lowest BCUT2D eigenvalue weighted by atomic mass is 9.69. The molecule has 3 aliphatic carbocycles. The predicted molar refractivity (Wildman–Crippen MR) is 128 cm³/mol. The highest BCUT2D eigenvalue weighted by atomic mass is 14.3. The summed E-state index contributed by atoms with van der Waals surface area (Å²) < 4.78 is 0. The van der Waals surface area contributed by atoms with Gasteiger partial charge >= 0.3 is 0 Å². The molecule has 0 radical (unpaired) electrons. The minimum Gasteiger partial charge on any atom is -0.0625 e. The van der Waals surface area contributed by atoms with Gasteiger partial charge in [-0.3, -0.25) is 0 Å². The summed E-state index contributed by atoms with van der Waals surface area (Å²) in [6, 6.07) is 9.80. The van der Waals surface area contributed by atoms with Crippen molar-refractivity contribution in [3.63, 3.8) is 0 Å². The van der Waals surface area contributed by atoms with Crippen LogP contribution in [0.15, 0.2) is 24.3 Å². The average molecular weight is 387 g/mol. The van der Waals surface area contributed by atoms with Crippen LogP contribution in [0.3, 0.4) is 0 Å². The van der Waals surface area contributed by atoms with Crippen molar-refractivity contribution in [2.45, 2.75) is 110 Å². The third kappa shape index (κ3) is 5.43. The van der Waals surface area contributed by atoms with E-state index < -0.39 is 0 Å². The highest BCUT2D eigenvalue weighted by Gasteiger charge is 2.29. The van der Waals surface area contributed by atoms with Crippen LogP contribution in [0.1, 0.15) is 119 Å². The summed E-state index contributed by atoms with van der Waals surface area (Å²) in [7, 11) is 0. The summed E-state index contributed by atoms with van der Waals surface area (Å²) in [5, 5.41) is 0. The van der Waals surface area contributed by atoms with Crippen molar-refractivity contribution in [2.24, 2.45) is 29.6 Å². The summed E-state index contributed by atoms with van der Waals surface area (Å²) in [5.74, 6) is 5.93. The highest BCUT2D eigenvalue weighted by molar-refractivity contribution is 5.26. The fourth-order valence-corrected chi connectivity index (χ4v) is 6.63. The van der Waals surface area contributed by atoms with E-state index in [4.69, 9.17) is 0 Å². The zero-order chi connectivity index (χ0) is 19.3. The van der Waals surface area contributed by atoms with E-state index in [0.717, 1.165) is 35.5 Å². The van der Waals surface area contributed by atoms with Gasteiger partial charge in [0, 0.05) is 4.28 Å². The Morgan fingerprint density at radius 3 is 1.71 bits per heavy atom. The highest BCUT2D eigenvalue weighted by Crippen LogP contribution is 2.42. The molecule has 0 bridgehead atoms. The molecule has 0 unspecified atom stereocenters. The first kappa shape index (κ1) is 20.5. The summed E-state index contributed by atoms with van der Waals surface area (Å²) in [6.45, 7) is 4.87. The van der Waals surface area contributed by atoms with Gasteiger partial charge in [0.2, 0.25) is 0 Å². The minimum atomic E-state index is 0. The molecule has 0 nitrogen and oxygen atoms in total. The molecule has 3 saturated carbocycles. The van der Waals surface area contributed by atoms with Crippen LogP contribution in [0, 0.1) is 29.6 Å². The first-order valence-electron chi connectivity index (χ1n) is 12.8. The molecule has 1 aromatic carbocycles. The molecule has 0 amide bonds. The van der Waals surface area contributed by atoms with E-state index in [2.05, 4.69) is 38.1 Å². The second kappa shape index (κ2) is 9.82. The molecular weight excluding hydrogens is 336 g/mol. The molecule has 28 heavy (non-hydrogen) atoms. The summed E-state index contributed by atoms with van der Waals surface area (Å²) in [5.41, 5.74) is 3.19. The fraction of sp³-hybridized carbons (Fsp3) is 0.786. The normalized spacial score (nSPS) is 36.9. The maximum atomic E-state index is 2.46. The molecular formula is C28H50. The van der Waals surface area contributed by atoms with Crippen molar-refractivity contribution in [2.75, 3.05) is 0 Å². The first-order valence-corrected chi connectivity index (χ1v) is 12.8. The van der Waals surface area contributed by atoms with Crippen molar-refractivity contribution in [3.05, 3.63) is 35.4 Å². The topological polar surface area (TPSA) is 0 Å². The first-order chi connectivity index (χ1) is 13.7. The van der Waals surface area contributed by atoms with Crippen LogP contribution in [-0.4, -0.2) is 0 Å². The Kier molecular flexibility index (Phi) is 7.18. The van der Waals surface area contributed by atoms with Crippen LogP contribution in [0.4, 0.5) is 0 Å². The van der Waals surface area contributed by atoms with Gasteiger partial charge < -0.3 is 0 Å². The number of rotatable bonds is 5. The smallest absolute Gasteiger partial charge is 0 e. The van der Waals surface area contributed by atoms with Crippen LogP contribution >= 0.6 is 0 Å². The zero-order valence-electron chi connectivity index (χ0n) is 18.7. The molecule has 3 aliphatic rings. The molecule has 162 valence electrons. The van der Waals surface area contributed by atoms with Gasteiger partial charge in [0.25, 0.3) is 0 Å². The molecule has 3 fully saturated rings. The molecule has 0 N–H and O–H groups in total. The Hall–Kier alpha value is -0.780. The van der Waals surface area contributed by atoms with Crippen LogP contribution in [0.5, 0.6) is 0 Å². The molecule has 0 spiro atoms. The lowest BCUT2D eigenvalue weighted by Gasteiger charge is -2.37. The summed E-state index contributed by atoms with van der Waals surface area (Å²) in [6.07, 6.45) is 20.5. The lowest BCUT2D eigenvalue weighted by Crippen LogP contribution is -2.25. The molecule has 0 heterocycles. The zero-order valence-corrected chi connectivity index (χ0v) is 18.7. The van der Waals surface area contributed by atoms with Crippen LogP contribution < -0.4 is 0 Å². The SMILES string of the molecule is CC1CCC(c2ccc(CCC3CCC(C4CCC(C)CC4)CC3)cc2)CC1.[HH].[HH].[HH]. The molecule has 4 rings (SSSR count). The molecule has 0 heteroatoms. The van der Waals surface area contributed by atoms with E-state index in [9.17, 15) is 0 Å². The number of benzene rings is 1. The molecule has 0 atom stereocenters. The van der Waals surface area contributed by atoms with Crippen molar-refractivity contribution in [1.82, 2.24) is 0 Å². The van der Waals surface area contributed by atoms with E-state index in [-0.39, 0.29) is 4.28 Å². The number of hydrogen-bond acceptors (Lipinski definition) is 0. The maximum absolute atomic E-state index is 2.46. The van der Waals surface area contributed by atoms with E-state index in [1.807, 2.05) is 0 Å². The Labute approximate surface area is 179 Å². The van der Waals surface area contributed by atoms with Gasteiger partial charge in [0.15, 0.2) is 0 Å². The Morgan fingerprint density at radius 2 is 1.14 bits per heavy atom. The largest absolute Gasteiger partial charge is 0.0625 e. The minimum absolute atomic E-state index is 0. The Bertz CT molecular complexity index is 575. The molecule has 0 aromatic heterocycles. The molecule has 1 aromatic rings. The van der Waals surface area contributed by atoms with Crippen molar-refractivity contribution >= 4 is 0 Å². The van der Waals surface area contributed by atoms with Crippen molar-refractivity contribution in [3.8, 4) is 0 Å². The van der Waals surface area contributed by atoms with E-state index >= 15 is 0 Å². The van der Waals surface area contributed by atoms with Crippen molar-refractivity contribution in [1.29, 1.82) is 0 Å². The van der Waals surface area contributed by atoms with Gasteiger partial charge in [0.05, 0.1) is 0 Å². The van der Waals surface area contributed by atoms with Crippen LogP contribution in [0.25, 0.3) is 0 Å². The summed E-state index contributed by atoms with van der Waals surface area (Å²) >= 11 is 0. The summed E-state index contributed by atoms with van der Waals surface area (Å²) in [4.78, 5) is 0. The fourth-order valence-electron chi connectivity index (χ4n) is 6.63. The third-order valence-electron chi connectivity index (χ3n) is 8.93. The Morgan fingerprint density at radius 1 is 0.643 bits per heavy atom.